The molecule has 1 aromatic heterocycles. The molecule has 0 aromatic carbocycles. The lowest BCUT2D eigenvalue weighted by atomic mass is 10.2. The maximum absolute atomic E-state index is 12.5. The van der Waals surface area contributed by atoms with E-state index in [1.807, 2.05) is 28.8 Å². The van der Waals surface area contributed by atoms with E-state index in [4.69, 9.17) is 5.21 Å². The number of nitrogens with one attached hydrogen (secondary N) is 1. The van der Waals surface area contributed by atoms with Crippen LogP contribution >= 0.6 is 0 Å². The predicted molar refractivity (Wildman–Crippen MR) is 72.2 cm³/mol. The van der Waals surface area contributed by atoms with Gasteiger partial charge < -0.3 is 14.4 Å². The molecule has 2 amide bonds. The molecule has 3 heterocycles. The number of hydrogen-bond donors (Lipinski definition) is 2. The first-order valence-corrected chi connectivity index (χ1v) is 6.78. The van der Waals surface area contributed by atoms with Crippen molar-refractivity contribution in [3.05, 3.63) is 30.0 Å². The first-order valence-electron chi connectivity index (χ1n) is 6.78. The van der Waals surface area contributed by atoms with Crippen molar-refractivity contribution in [2.24, 2.45) is 0 Å². The molecule has 112 valence electrons. The largest absolute Gasteiger partial charge is 0.369 e. The molecule has 0 spiro atoms. The van der Waals surface area contributed by atoms with Crippen LogP contribution in [0, 0.1) is 0 Å². The van der Waals surface area contributed by atoms with Gasteiger partial charge in [0.2, 0.25) is 5.91 Å². The standard InChI is InChI=1S/C13H17N5O3/c1-16-4-2-3-10(16)13(20)18-6-5-17-7-9(12(19)15-21)14-11(17)8-18/h2,4,7,10,21H,3,5-6,8H2,1H3,(H,15,19). The highest BCUT2D eigenvalue weighted by molar-refractivity contribution is 5.91. The average Bonchev–Trinajstić information content (AvgIpc) is 3.10. The van der Waals surface area contributed by atoms with Crippen molar-refractivity contribution >= 4 is 11.8 Å². The molecule has 1 aromatic rings. The maximum Gasteiger partial charge on any atom is 0.294 e. The van der Waals surface area contributed by atoms with E-state index in [0.717, 1.165) is 6.42 Å². The summed E-state index contributed by atoms with van der Waals surface area (Å²) in [7, 11) is 1.89. The smallest absolute Gasteiger partial charge is 0.294 e. The highest BCUT2D eigenvalue weighted by Gasteiger charge is 2.31. The summed E-state index contributed by atoms with van der Waals surface area (Å²) in [5.74, 6) is 0.0845. The van der Waals surface area contributed by atoms with E-state index in [-0.39, 0.29) is 17.6 Å². The molecule has 21 heavy (non-hydrogen) atoms. The molecule has 0 saturated heterocycles. The second-order valence-corrected chi connectivity index (χ2v) is 5.24. The third kappa shape index (κ3) is 2.38. The van der Waals surface area contributed by atoms with E-state index in [9.17, 15) is 9.59 Å². The number of carbonyl (C=O) groups excluding carboxylic acids is 2. The number of aromatic nitrogens is 2. The Labute approximate surface area is 121 Å². The van der Waals surface area contributed by atoms with Crippen molar-refractivity contribution in [3.8, 4) is 0 Å². The van der Waals surface area contributed by atoms with E-state index in [1.54, 1.807) is 16.6 Å². The Morgan fingerprint density at radius 1 is 1.43 bits per heavy atom. The number of amides is 2. The van der Waals surface area contributed by atoms with E-state index in [2.05, 4.69) is 4.98 Å². The molecule has 0 fully saturated rings. The Balaban J connectivity index is 1.73. The number of hydrogen-bond acceptors (Lipinski definition) is 5. The van der Waals surface area contributed by atoms with Crippen LogP contribution in [-0.2, 0) is 17.9 Å². The third-order valence-electron chi connectivity index (χ3n) is 3.92. The molecule has 0 saturated carbocycles. The molecule has 0 radical (unpaired) electrons. The first kappa shape index (κ1) is 13.6. The van der Waals surface area contributed by atoms with Crippen LogP contribution in [0.25, 0.3) is 0 Å². The van der Waals surface area contributed by atoms with Crippen LogP contribution in [0.1, 0.15) is 22.7 Å². The molecular formula is C13H17N5O3. The third-order valence-corrected chi connectivity index (χ3v) is 3.92. The SMILES string of the molecule is CN1C=CCC1C(=O)N1CCn2cc(C(=O)NO)nc2C1. The molecule has 1 atom stereocenters. The molecule has 0 aliphatic carbocycles. The minimum Gasteiger partial charge on any atom is -0.369 e. The molecule has 2 aliphatic heterocycles. The molecule has 8 heteroatoms. The van der Waals surface area contributed by atoms with E-state index in [1.165, 1.54) is 0 Å². The Morgan fingerprint density at radius 3 is 2.90 bits per heavy atom. The Bertz CT molecular complexity index is 609. The topological polar surface area (TPSA) is 90.7 Å². The quantitative estimate of drug-likeness (QED) is 0.569. The van der Waals surface area contributed by atoms with Gasteiger partial charge in [-0.05, 0) is 12.6 Å². The van der Waals surface area contributed by atoms with Gasteiger partial charge in [0.05, 0.1) is 6.54 Å². The normalized spacial score (nSPS) is 20.6. The molecule has 2 N–H and O–H groups in total. The van der Waals surface area contributed by atoms with Gasteiger partial charge in [0.25, 0.3) is 5.91 Å². The van der Waals surface area contributed by atoms with Gasteiger partial charge in [-0.15, -0.1) is 0 Å². The van der Waals surface area contributed by atoms with Gasteiger partial charge in [-0.25, -0.2) is 10.5 Å². The molecule has 2 aliphatic rings. The van der Waals surface area contributed by atoms with Gasteiger partial charge in [0.1, 0.15) is 17.6 Å². The monoisotopic (exact) mass is 291 g/mol. The zero-order valence-electron chi connectivity index (χ0n) is 11.7. The van der Waals surface area contributed by atoms with Crippen LogP contribution in [0.3, 0.4) is 0 Å². The van der Waals surface area contributed by atoms with E-state index >= 15 is 0 Å². The maximum atomic E-state index is 12.5. The Hall–Kier alpha value is -2.35. The van der Waals surface area contributed by atoms with Gasteiger partial charge >= 0.3 is 0 Å². The fourth-order valence-electron chi connectivity index (χ4n) is 2.72. The summed E-state index contributed by atoms with van der Waals surface area (Å²) in [4.78, 5) is 31.7. The number of nitrogens with zero attached hydrogens (tertiary/aromatic N) is 4. The van der Waals surface area contributed by atoms with Crippen LogP contribution in [0.15, 0.2) is 18.5 Å². The lowest BCUT2D eigenvalue weighted by Gasteiger charge is -2.32. The van der Waals surface area contributed by atoms with Crippen molar-refractivity contribution in [2.45, 2.75) is 25.6 Å². The summed E-state index contributed by atoms with van der Waals surface area (Å²) in [5, 5.41) is 8.64. The van der Waals surface area contributed by atoms with Gasteiger partial charge in [-0.3, -0.25) is 14.8 Å². The lowest BCUT2D eigenvalue weighted by Crippen LogP contribution is -2.46. The molecule has 0 bridgehead atoms. The molecule has 3 rings (SSSR count). The van der Waals surface area contributed by atoms with Gasteiger partial charge in [-0.1, -0.05) is 6.08 Å². The first-order chi connectivity index (χ1) is 10.1. The van der Waals surface area contributed by atoms with Crippen LogP contribution in [0.5, 0.6) is 0 Å². The summed E-state index contributed by atoms with van der Waals surface area (Å²) >= 11 is 0. The summed E-state index contributed by atoms with van der Waals surface area (Å²) in [6.07, 6.45) is 6.21. The highest BCUT2D eigenvalue weighted by Crippen LogP contribution is 2.19. The van der Waals surface area contributed by atoms with Crippen molar-refractivity contribution < 1.29 is 14.8 Å². The fourth-order valence-corrected chi connectivity index (χ4v) is 2.72. The van der Waals surface area contributed by atoms with E-state index < -0.39 is 5.91 Å². The minimum atomic E-state index is -0.644. The zero-order chi connectivity index (χ0) is 15.0. The Kier molecular flexibility index (Phi) is 3.38. The Morgan fingerprint density at radius 2 is 2.24 bits per heavy atom. The molecule has 8 nitrogen and oxygen atoms in total. The number of rotatable bonds is 2. The highest BCUT2D eigenvalue weighted by atomic mass is 16.5. The van der Waals surface area contributed by atoms with Crippen molar-refractivity contribution in [1.29, 1.82) is 0 Å². The van der Waals surface area contributed by atoms with Crippen LogP contribution in [0.4, 0.5) is 0 Å². The summed E-state index contributed by atoms with van der Waals surface area (Å²) in [6.45, 7) is 1.56. The van der Waals surface area contributed by atoms with Crippen LogP contribution in [-0.4, -0.2) is 56.0 Å². The van der Waals surface area contributed by atoms with Gasteiger partial charge in [0.15, 0.2) is 0 Å². The average molecular weight is 291 g/mol. The molecular weight excluding hydrogens is 274 g/mol. The second kappa shape index (κ2) is 5.21. The summed E-state index contributed by atoms with van der Waals surface area (Å²) in [6, 6.07) is -0.147. The van der Waals surface area contributed by atoms with Gasteiger partial charge in [-0.2, -0.15) is 0 Å². The van der Waals surface area contributed by atoms with Crippen molar-refractivity contribution in [1.82, 2.24) is 24.8 Å². The predicted octanol–water partition coefficient (Wildman–Crippen LogP) is -0.438. The van der Waals surface area contributed by atoms with Crippen LogP contribution in [0.2, 0.25) is 0 Å². The van der Waals surface area contributed by atoms with Crippen molar-refractivity contribution in [2.75, 3.05) is 13.6 Å². The number of likely N-dealkylation sites (N-methyl/N-ethyl adjacent to an activating group) is 1. The lowest BCUT2D eigenvalue weighted by molar-refractivity contribution is -0.136. The minimum absolute atomic E-state index is 0.0740. The fraction of sp³-hybridized carbons (Fsp3) is 0.462. The number of fused-ring (bicyclic) bond motifs is 1. The van der Waals surface area contributed by atoms with Gasteiger partial charge in [0, 0.05) is 26.3 Å². The summed E-state index contributed by atoms with van der Waals surface area (Å²) < 4.78 is 1.84. The second-order valence-electron chi connectivity index (χ2n) is 5.24. The van der Waals surface area contributed by atoms with Crippen LogP contribution < -0.4 is 5.48 Å². The summed E-state index contributed by atoms with van der Waals surface area (Å²) in [5.41, 5.74) is 1.72. The number of carbonyl (C=O) groups is 2. The number of imidazole rings is 1. The zero-order valence-corrected chi connectivity index (χ0v) is 11.7. The molecule has 1 unspecified atom stereocenters. The number of hydroxylamine groups is 1. The van der Waals surface area contributed by atoms with E-state index in [0.29, 0.717) is 25.5 Å². The van der Waals surface area contributed by atoms with Crippen molar-refractivity contribution in [3.63, 3.8) is 0 Å².